The van der Waals surface area contributed by atoms with Gasteiger partial charge in [0.2, 0.25) is 0 Å². The third kappa shape index (κ3) is 1.64. The van der Waals surface area contributed by atoms with Crippen molar-refractivity contribution >= 4 is 5.65 Å². The summed E-state index contributed by atoms with van der Waals surface area (Å²) < 4.78 is 6.60. The molecular weight excluding hydrogens is 256 g/mol. The van der Waals surface area contributed by atoms with E-state index in [0.29, 0.717) is 28.2 Å². The standard InChI is InChI=1S/C14H12N4O2/c1-8(2)11-12(10-4-3-5-20-10)17-13-9(6-15)7-16-18(13)14(11)19/h3-5,7-8,17H,1-2H3. The minimum atomic E-state index is -0.235. The highest BCUT2D eigenvalue weighted by Crippen LogP contribution is 2.26. The predicted molar refractivity (Wildman–Crippen MR) is 72.3 cm³/mol. The summed E-state index contributed by atoms with van der Waals surface area (Å²) in [6.07, 6.45) is 2.92. The van der Waals surface area contributed by atoms with Crippen molar-refractivity contribution in [1.82, 2.24) is 14.6 Å². The lowest BCUT2D eigenvalue weighted by Gasteiger charge is -2.10. The molecule has 0 spiro atoms. The minimum absolute atomic E-state index is 0.00187. The minimum Gasteiger partial charge on any atom is -0.463 e. The molecule has 3 aromatic heterocycles. The van der Waals surface area contributed by atoms with E-state index in [2.05, 4.69) is 10.1 Å². The molecule has 3 aromatic rings. The third-order valence-electron chi connectivity index (χ3n) is 3.17. The van der Waals surface area contributed by atoms with E-state index < -0.39 is 0 Å². The first-order valence-electron chi connectivity index (χ1n) is 6.21. The highest BCUT2D eigenvalue weighted by atomic mass is 16.3. The van der Waals surface area contributed by atoms with Crippen LogP contribution >= 0.6 is 0 Å². The molecule has 0 aliphatic heterocycles. The summed E-state index contributed by atoms with van der Waals surface area (Å²) in [4.78, 5) is 15.6. The van der Waals surface area contributed by atoms with Crippen LogP contribution in [0, 0.1) is 11.3 Å². The van der Waals surface area contributed by atoms with Crippen LogP contribution in [0.3, 0.4) is 0 Å². The van der Waals surface area contributed by atoms with E-state index in [4.69, 9.17) is 9.68 Å². The van der Waals surface area contributed by atoms with Crippen molar-refractivity contribution in [3.8, 4) is 17.5 Å². The van der Waals surface area contributed by atoms with E-state index in [1.807, 2.05) is 19.9 Å². The van der Waals surface area contributed by atoms with Crippen molar-refractivity contribution in [2.24, 2.45) is 0 Å². The van der Waals surface area contributed by atoms with Gasteiger partial charge < -0.3 is 9.40 Å². The van der Waals surface area contributed by atoms with Crippen molar-refractivity contribution in [2.45, 2.75) is 19.8 Å². The summed E-state index contributed by atoms with van der Waals surface area (Å²) in [7, 11) is 0. The first kappa shape index (κ1) is 12.2. The smallest absolute Gasteiger partial charge is 0.278 e. The van der Waals surface area contributed by atoms with Gasteiger partial charge in [-0.15, -0.1) is 0 Å². The number of hydrogen-bond donors (Lipinski definition) is 1. The largest absolute Gasteiger partial charge is 0.463 e. The molecule has 1 N–H and O–H groups in total. The Balaban J connectivity index is 2.46. The molecule has 0 aliphatic carbocycles. The number of nitrogens with zero attached hydrogens (tertiary/aromatic N) is 3. The second-order valence-corrected chi connectivity index (χ2v) is 4.78. The van der Waals surface area contributed by atoms with E-state index in [1.165, 1.54) is 10.7 Å². The molecular formula is C14H12N4O2. The number of H-pyrrole nitrogens is 1. The maximum Gasteiger partial charge on any atom is 0.278 e. The van der Waals surface area contributed by atoms with Gasteiger partial charge in [0, 0.05) is 5.56 Å². The molecule has 0 fully saturated rings. The van der Waals surface area contributed by atoms with Gasteiger partial charge in [0.15, 0.2) is 11.4 Å². The van der Waals surface area contributed by atoms with Crippen LogP contribution in [0.5, 0.6) is 0 Å². The second kappa shape index (κ2) is 4.38. The summed E-state index contributed by atoms with van der Waals surface area (Å²) in [5, 5.41) is 13.0. The van der Waals surface area contributed by atoms with Crippen molar-refractivity contribution < 1.29 is 4.42 Å². The first-order valence-corrected chi connectivity index (χ1v) is 6.21. The summed E-state index contributed by atoms with van der Waals surface area (Å²) in [5.41, 5.74) is 1.65. The van der Waals surface area contributed by atoms with Gasteiger partial charge in [-0.2, -0.15) is 14.9 Å². The van der Waals surface area contributed by atoms with Gasteiger partial charge in [-0.1, -0.05) is 13.8 Å². The number of aromatic amines is 1. The number of nitriles is 1. The van der Waals surface area contributed by atoms with Crippen LogP contribution in [0.25, 0.3) is 17.1 Å². The van der Waals surface area contributed by atoms with Crippen LogP contribution in [0.4, 0.5) is 0 Å². The molecule has 0 saturated heterocycles. The first-order chi connectivity index (χ1) is 9.63. The van der Waals surface area contributed by atoms with Gasteiger partial charge in [-0.3, -0.25) is 4.79 Å². The molecule has 3 heterocycles. The maximum atomic E-state index is 12.5. The zero-order chi connectivity index (χ0) is 14.3. The normalized spacial score (nSPS) is 11.1. The lowest BCUT2D eigenvalue weighted by molar-refractivity contribution is 0.577. The maximum absolute atomic E-state index is 12.5. The molecule has 0 bridgehead atoms. The topological polar surface area (TPSA) is 87.1 Å². The second-order valence-electron chi connectivity index (χ2n) is 4.78. The molecule has 6 nitrogen and oxygen atoms in total. The Labute approximate surface area is 114 Å². The van der Waals surface area contributed by atoms with Gasteiger partial charge in [-0.05, 0) is 18.1 Å². The number of furan rings is 1. The number of rotatable bonds is 2. The van der Waals surface area contributed by atoms with E-state index >= 15 is 0 Å². The van der Waals surface area contributed by atoms with Crippen molar-refractivity contribution in [3.63, 3.8) is 0 Å². The zero-order valence-corrected chi connectivity index (χ0v) is 11.0. The van der Waals surface area contributed by atoms with Crippen LogP contribution in [0.15, 0.2) is 33.8 Å². The van der Waals surface area contributed by atoms with Crippen molar-refractivity contribution in [3.05, 3.63) is 46.1 Å². The Bertz CT molecular complexity index is 863. The molecule has 20 heavy (non-hydrogen) atoms. The van der Waals surface area contributed by atoms with Crippen LogP contribution in [-0.2, 0) is 0 Å². The van der Waals surface area contributed by atoms with Crippen LogP contribution in [-0.4, -0.2) is 14.6 Å². The van der Waals surface area contributed by atoms with Gasteiger partial charge >= 0.3 is 0 Å². The summed E-state index contributed by atoms with van der Waals surface area (Å²) in [5.74, 6) is 0.566. The average molecular weight is 268 g/mol. The Morgan fingerprint density at radius 2 is 2.30 bits per heavy atom. The zero-order valence-electron chi connectivity index (χ0n) is 11.0. The Hall–Kier alpha value is -2.81. The molecule has 0 amide bonds. The molecule has 0 atom stereocenters. The fourth-order valence-corrected chi connectivity index (χ4v) is 2.26. The Kier molecular flexibility index (Phi) is 2.68. The highest BCUT2D eigenvalue weighted by Gasteiger charge is 2.20. The lowest BCUT2D eigenvalue weighted by Crippen LogP contribution is -2.22. The number of fused-ring (bicyclic) bond motifs is 1. The van der Waals surface area contributed by atoms with Gasteiger partial charge in [0.25, 0.3) is 5.56 Å². The van der Waals surface area contributed by atoms with Crippen LogP contribution in [0.1, 0.15) is 30.9 Å². The van der Waals surface area contributed by atoms with E-state index in [-0.39, 0.29) is 11.5 Å². The van der Waals surface area contributed by atoms with Gasteiger partial charge in [-0.25, -0.2) is 0 Å². The van der Waals surface area contributed by atoms with Crippen molar-refractivity contribution in [2.75, 3.05) is 0 Å². The molecule has 0 radical (unpaired) electrons. The third-order valence-corrected chi connectivity index (χ3v) is 3.17. The van der Waals surface area contributed by atoms with Crippen LogP contribution in [0.2, 0.25) is 0 Å². The predicted octanol–water partition coefficient (Wildman–Crippen LogP) is 2.28. The van der Waals surface area contributed by atoms with Crippen LogP contribution < -0.4 is 5.56 Å². The molecule has 0 aromatic carbocycles. The SMILES string of the molecule is CC(C)c1c(-c2ccco2)[nH]c2c(C#N)cnn2c1=O. The summed E-state index contributed by atoms with van der Waals surface area (Å²) >= 11 is 0. The average Bonchev–Trinajstić information content (AvgIpc) is 3.07. The Morgan fingerprint density at radius 3 is 2.90 bits per heavy atom. The molecule has 0 saturated carbocycles. The fourth-order valence-electron chi connectivity index (χ4n) is 2.26. The molecule has 6 heteroatoms. The monoisotopic (exact) mass is 268 g/mol. The van der Waals surface area contributed by atoms with Gasteiger partial charge in [0.05, 0.1) is 18.2 Å². The molecule has 100 valence electrons. The number of nitrogens with one attached hydrogen (secondary N) is 1. The van der Waals surface area contributed by atoms with Crippen molar-refractivity contribution in [1.29, 1.82) is 5.26 Å². The number of hydrogen-bond acceptors (Lipinski definition) is 4. The lowest BCUT2D eigenvalue weighted by atomic mass is 10.0. The summed E-state index contributed by atoms with van der Waals surface area (Å²) in [6.45, 7) is 3.86. The summed E-state index contributed by atoms with van der Waals surface area (Å²) in [6, 6.07) is 5.54. The molecule has 0 unspecified atom stereocenters. The van der Waals surface area contributed by atoms with E-state index in [9.17, 15) is 4.79 Å². The highest BCUT2D eigenvalue weighted by molar-refractivity contribution is 5.64. The number of aromatic nitrogens is 3. The molecule has 3 rings (SSSR count). The van der Waals surface area contributed by atoms with E-state index in [0.717, 1.165) is 0 Å². The Morgan fingerprint density at radius 1 is 1.50 bits per heavy atom. The quantitative estimate of drug-likeness (QED) is 0.772. The fraction of sp³-hybridized carbons (Fsp3) is 0.214. The molecule has 0 aliphatic rings. The van der Waals surface area contributed by atoms with E-state index in [1.54, 1.807) is 18.4 Å². The van der Waals surface area contributed by atoms with Gasteiger partial charge in [0.1, 0.15) is 11.6 Å².